The van der Waals surface area contributed by atoms with Gasteiger partial charge in [0.05, 0.1) is 9.20 Å². The summed E-state index contributed by atoms with van der Waals surface area (Å²) in [6.07, 6.45) is 0.595. The van der Waals surface area contributed by atoms with Crippen molar-refractivity contribution in [3.8, 4) is 0 Å². The van der Waals surface area contributed by atoms with Gasteiger partial charge in [-0.2, -0.15) is 0 Å². The first-order valence-corrected chi connectivity index (χ1v) is 5.66. The second-order valence-corrected chi connectivity index (χ2v) is 5.33. The van der Waals surface area contributed by atoms with E-state index in [9.17, 15) is 4.79 Å². The summed E-state index contributed by atoms with van der Waals surface area (Å²) in [6.45, 7) is 3.64. The van der Waals surface area contributed by atoms with E-state index in [1.54, 1.807) is 6.92 Å². The predicted octanol–water partition coefficient (Wildman–Crippen LogP) is 3.26. The smallest absolute Gasteiger partial charge is 0.313 e. The van der Waals surface area contributed by atoms with Gasteiger partial charge in [-0.3, -0.25) is 4.79 Å². The van der Waals surface area contributed by atoms with Crippen molar-refractivity contribution < 1.29 is 9.90 Å². The van der Waals surface area contributed by atoms with Crippen molar-refractivity contribution in [1.29, 1.82) is 0 Å². The highest BCUT2D eigenvalue weighted by Gasteiger charge is 2.35. The summed E-state index contributed by atoms with van der Waals surface area (Å²) < 4.78 is 0.916. The Kier molecular flexibility index (Phi) is 3.14. The molecule has 1 N–H and O–H groups in total. The van der Waals surface area contributed by atoms with E-state index < -0.39 is 11.4 Å². The zero-order chi connectivity index (χ0) is 10.1. The van der Waals surface area contributed by atoms with Gasteiger partial charge in [-0.05, 0) is 46.3 Å². The van der Waals surface area contributed by atoms with Gasteiger partial charge in [0, 0.05) is 0 Å². The molecule has 0 saturated heterocycles. The van der Waals surface area contributed by atoms with Gasteiger partial charge < -0.3 is 5.11 Å². The normalized spacial score (nSPS) is 15.3. The van der Waals surface area contributed by atoms with Crippen LogP contribution in [0.2, 0.25) is 0 Å². The Balaban J connectivity index is 3.17. The zero-order valence-corrected chi connectivity index (χ0v) is 9.91. The number of thiophene rings is 1. The molecule has 1 aromatic rings. The van der Waals surface area contributed by atoms with Crippen molar-refractivity contribution in [3.05, 3.63) is 20.8 Å². The highest BCUT2D eigenvalue weighted by molar-refractivity contribution is 9.11. The summed E-state index contributed by atoms with van der Waals surface area (Å²) in [5, 5.41) is 11.0. The lowest BCUT2D eigenvalue weighted by atomic mass is 9.82. The van der Waals surface area contributed by atoms with Crippen LogP contribution in [0, 0.1) is 0 Å². The number of carbonyl (C=O) groups is 1. The maximum atomic E-state index is 11.1. The lowest BCUT2D eigenvalue weighted by Gasteiger charge is -2.22. The quantitative estimate of drug-likeness (QED) is 0.908. The Morgan fingerprint density at radius 2 is 2.38 bits per heavy atom. The third kappa shape index (κ3) is 1.79. The second kappa shape index (κ2) is 3.80. The van der Waals surface area contributed by atoms with Crippen molar-refractivity contribution in [2.45, 2.75) is 25.7 Å². The molecule has 0 bridgehead atoms. The van der Waals surface area contributed by atoms with Gasteiger partial charge in [0.15, 0.2) is 0 Å². The Morgan fingerprint density at radius 3 is 2.69 bits per heavy atom. The Morgan fingerprint density at radius 1 is 1.77 bits per heavy atom. The summed E-state index contributed by atoms with van der Waals surface area (Å²) in [7, 11) is 0. The molecule has 72 valence electrons. The largest absolute Gasteiger partial charge is 0.481 e. The summed E-state index contributed by atoms with van der Waals surface area (Å²) in [5.74, 6) is -0.769. The molecule has 0 spiro atoms. The van der Waals surface area contributed by atoms with Gasteiger partial charge in [-0.15, -0.1) is 11.3 Å². The fourth-order valence-electron chi connectivity index (χ4n) is 1.15. The van der Waals surface area contributed by atoms with E-state index in [0.29, 0.717) is 6.42 Å². The average molecular weight is 263 g/mol. The molecular weight excluding hydrogens is 252 g/mol. The zero-order valence-electron chi connectivity index (χ0n) is 7.50. The molecule has 13 heavy (non-hydrogen) atoms. The number of carboxylic acid groups (broad SMARTS) is 1. The number of hydrogen-bond donors (Lipinski definition) is 1. The average Bonchev–Trinajstić information content (AvgIpc) is 2.50. The minimum Gasteiger partial charge on any atom is -0.481 e. The van der Waals surface area contributed by atoms with Crippen LogP contribution in [0.3, 0.4) is 0 Å². The molecule has 0 radical (unpaired) electrons. The van der Waals surface area contributed by atoms with E-state index in [2.05, 4.69) is 15.9 Å². The maximum absolute atomic E-state index is 11.1. The summed E-state index contributed by atoms with van der Waals surface area (Å²) >= 11 is 4.88. The number of carboxylic acids is 1. The van der Waals surface area contributed by atoms with Crippen molar-refractivity contribution in [1.82, 2.24) is 0 Å². The summed E-state index contributed by atoms with van der Waals surface area (Å²) in [5.41, 5.74) is 0.103. The van der Waals surface area contributed by atoms with Crippen molar-refractivity contribution >= 4 is 33.2 Å². The van der Waals surface area contributed by atoms with E-state index in [4.69, 9.17) is 5.11 Å². The first-order valence-electron chi connectivity index (χ1n) is 3.99. The predicted molar refractivity (Wildman–Crippen MR) is 57.3 cm³/mol. The number of rotatable bonds is 3. The molecule has 0 aliphatic carbocycles. The lowest BCUT2D eigenvalue weighted by molar-refractivity contribution is -0.143. The van der Waals surface area contributed by atoms with Crippen LogP contribution in [0.5, 0.6) is 0 Å². The molecule has 4 heteroatoms. The standard InChI is InChI=1S/C9H11BrO2S/c1-3-9(2,8(11)12)6-4-5-13-7(6)10/h4-5H,3H2,1-2H3,(H,11,12). The van der Waals surface area contributed by atoms with Crippen LogP contribution in [0.1, 0.15) is 25.8 Å². The highest BCUT2D eigenvalue weighted by atomic mass is 79.9. The van der Waals surface area contributed by atoms with E-state index in [1.807, 2.05) is 18.4 Å². The number of halogens is 1. The first-order chi connectivity index (χ1) is 6.02. The van der Waals surface area contributed by atoms with E-state index in [1.165, 1.54) is 11.3 Å². The van der Waals surface area contributed by atoms with Crippen LogP contribution >= 0.6 is 27.3 Å². The van der Waals surface area contributed by atoms with Gasteiger partial charge in [0.2, 0.25) is 0 Å². The van der Waals surface area contributed by atoms with Crippen LogP contribution in [-0.2, 0) is 10.2 Å². The third-order valence-corrected chi connectivity index (χ3v) is 4.08. The fraction of sp³-hybridized carbons (Fsp3) is 0.444. The van der Waals surface area contributed by atoms with E-state index in [0.717, 1.165) is 9.35 Å². The van der Waals surface area contributed by atoms with E-state index >= 15 is 0 Å². The number of aliphatic carboxylic acids is 1. The van der Waals surface area contributed by atoms with Crippen molar-refractivity contribution in [2.24, 2.45) is 0 Å². The summed E-state index contributed by atoms with van der Waals surface area (Å²) in [4.78, 5) is 11.1. The van der Waals surface area contributed by atoms with Crippen LogP contribution in [0.25, 0.3) is 0 Å². The molecule has 0 aromatic carbocycles. The molecule has 1 rings (SSSR count). The van der Waals surface area contributed by atoms with Gasteiger partial charge in [0.25, 0.3) is 0 Å². The van der Waals surface area contributed by atoms with Gasteiger partial charge in [0.1, 0.15) is 0 Å². The first kappa shape index (κ1) is 10.7. The Bertz CT molecular complexity index is 321. The molecule has 1 heterocycles. The second-order valence-electron chi connectivity index (χ2n) is 3.10. The molecular formula is C9H11BrO2S. The third-order valence-electron chi connectivity index (χ3n) is 2.39. The van der Waals surface area contributed by atoms with Crippen LogP contribution < -0.4 is 0 Å². The molecule has 2 nitrogen and oxygen atoms in total. The van der Waals surface area contributed by atoms with Crippen LogP contribution in [0.4, 0.5) is 0 Å². The molecule has 1 aromatic heterocycles. The van der Waals surface area contributed by atoms with Crippen molar-refractivity contribution in [3.63, 3.8) is 0 Å². The van der Waals surface area contributed by atoms with Gasteiger partial charge in [-0.1, -0.05) is 6.92 Å². The molecule has 0 fully saturated rings. The SMILES string of the molecule is CCC(C)(C(=O)O)c1ccsc1Br. The molecule has 0 aliphatic rings. The fourth-order valence-corrected chi connectivity index (χ4v) is 2.79. The summed E-state index contributed by atoms with van der Waals surface area (Å²) in [6, 6.07) is 1.87. The van der Waals surface area contributed by atoms with E-state index in [-0.39, 0.29) is 0 Å². The minimum absolute atomic E-state index is 0.595. The molecule has 0 aliphatic heterocycles. The molecule has 1 unspecified atom stereocenters. The van der Waals surface area contributed by atoms with Crippen LogP contribution in [0.15, 0.2) is 15.2 Å². The Labute approximate surface area is 89.7 Å². The van der Waals surface area contributed by atoms with Crippen LogP contribution in [-0.4, -0.2) is 11.1 Å². The van der Waals surface area contributed by atoms with Gasteiger partial charge in [-0.25, -0.2) is 0 Å². The molecule has 1 atom stereocenters. The number of hydrogen-bond acceptors (Lipinski definition) is 2. The Hall–Kier alpha value is -0.350. The molecule has 0 saturated carbocycles. The topological polar surface area (TPSA) is 37.3 Å². The maximum Gasteiger partial charge on any atom is 0.313 e. The van der Waals surface area contributed by atoms with Crippen molar-refractivity contribution in [2.75, 3.05) is 0 Å². The monoisotopic (exact) mass is 262 g/mol. The highest BCUT2D eigenvalue weighted by Crippen LogP contribution is 2.36. The van der Waals surface area contributed by atoms with Gasteiger partial charge >= 0.3 is 5.97 Å². The minimum atomic E-state index is -0.769. The molecule has 0 amide bonds. The lowest BCUT2D eigenvalue weighted by Crippen LogP contribution is -2.31.